The second-order valence-corrected chi connectivity index (χ2v) is 4.42. The highest BCUT2D eigenvalue weighted by molar-refractivity contribution is 5.81. The summed E-state index contributed by atoms with van der Waals surface area (Å²) in [5.74, 6) is -2.29. The fraction of sp³-hybridized carbons (Fsp3) is 0.818. The van der Waals surface area contributed by atoms with Crippen LogP contribution in [0.15, 0.2) is 0 Å². The molecule has 5 nitrogen and oxygen atoms in total. The van der Waals surface area contributed by atoms with Crippen LogP contribution in [0.2, 0.25) is 0 Å². The lowest BCUT2D eigenvalue weighted by atomic mass is 9.79. The highest BCUT2D eigenvalue weighted by atomic mass is 16.6. The van der Waals surface area contributed by atoms with Crippen LogP contribution < -0.4 is 0 Å². The molecule has 0 aromatic carbocycles. The number of ether oxygens (including phenoxy) is 2. The van der Waals surface area contributed by atoms with Crippen LogP contribution >= 0.6 is 0 Å². The Morgan fingerprint density at radius 3 is 2.44 bits per heavy atom. The predicted molar refractivity (Wildman–Crippen MR) is 53.8 cm³/mol. The molecule has 1 aliphatic heterocycles. The fourth-order valence-corrected chi connectivity index (χ4v) is 2.15. The molecule has 1 N–H and O–H groups in total. The summed E-state index contributed by atoms with van der Waals surface area (Å²) in [5.41, 5.74) is 0. The molecule has 0 spiro atoms. The number of carboxylic acid groups (broad SMARTS) is 1. The maximum absolute atomic E-state index is 11.7. The van der Waals surface area contributed by atoms with Crippen molar-refractivity contribution in [2.24, 2.45) is 11.8 Å². The predicted octanol–water partition coefficient (Wildman–Crippen LogP) is 0.819. The minimum Gasteiger partial charge on any atom is -0.481 e. The lowest BCUT2D eigenvalue weighted by Gasteiger charge is -2.26. The lowest BCUT2D eigenvalue weighted by molar-refractivity contribution is -0.160. The van der Waals surface area contributed by atoms with Gasteiger partial charge in [-0.05, 0) is 12.8 Å². The number of aliphatic carboxylic acids is 1. The van der Waals surface area contributed by atoms with Crippen LogP contribution in [0.4, 0.5) is 0 Å². The standard InChI is InChI=1S/C11H16O5/c12-10(13)8-3-1-2-4-9(8)11(14)16-6-7-5-15-7/h7-9H,1-6H2,(H,12,13)/t7?,8-,9-/m1/s1. The maximum Gasteiger partial charge on any atom is 0.309 e. The number of rotatable bonds is 4. The summed E-state index contributed by atoms with van der Waals surface area (Å²) in [6, 6.07) is 0. The van der Waals surface area contributed by atoms with E-state index < -0.39 is 17.8 Å². The van der Waals surface area contributed by atoms with E-state index in [0.717, 1.165) is 12.8 Å². The van der Waals surface area contributed by atoms with E-state index in [1.54, 1.807) is 0 Å². The first-order valence-electron chi connectivity index (χ1n) is 5.69. The lowest BCUT2D eigenvalue weighted by Crippen LogP contribution is -2.34. The zero-order chi connectivity index (χ0) is 11.5. The van der Waals surface area contributed by atoms with E-state index in [-0.39, 0.29) is 18.7 Å². The molecule has 0 amide bonds. The monoisotopic (exact) mass is 228 g/mol. The van der Waals surface area contributed by atoms with Crippen molar-refractivity contribution in [3.8, 4) is 0 Å². The Kier molecular flexibility index (Phi) is 3.43. The summed E-state index contributed by atoms with van der Waals surface area (Å²) in [6.07, 6.45) is 3.03. The van der Waals surface area contributed by atoms with E-state index >= 15 is 0 Å². The molecule has 1 aliphatic carbocycles. The van der Waals surface area contributed by atoms with Crippen molar-refractivity contribution >= 4 is 11.9 Å². The number of carboxylic acids is 1. The molecule has 1 heterocycles. The SMILES string of the molecule is O=C(O)[C@@H]1CCCC[C@H]1C(=O)OCC1CO1. The van der Waals surface area contributed by atoms with Gasteiger partial charge in [-0.1, -0.05) is 12.8 Å². The first kappa shape index (κ1) is 11.4. The normalized spacial score (nSPS) is 33.1. The molecule has 90 valence electrons. The second kappa shape index (κ2) is 4.82. The van der Waals surface area contributed by atoms with Gasteiger partial charge in [0.1, 0.15) is 12.7 Å². The maximum atomic E-state index is 11.7. The molecule has 5 heteroatoms. The van der Waals surface area contributed by atoms with E-state index in [0.29, 0.717) is 19.4 Å². The Balaban J connectivity index is 1.87. The van der Waals surface area contributed by atoms with Crippen molar-refractivity contribution < 1.29 is 24.2 Å². The third kappa shape index (κ3) is 2.72. The van der Waals surface area contributed by atoms with Crippen molar-refractivity contribution in [2.45, 2.75) is 31.8 Å². The molecule has 2 aliphatic rings. The summed E-state index contributed by atoms with van der Waals surface area (Å²) in [5, 5.41) is 9.01. The van der Waals surface area contributed by atoms with Gasteiger partial charge in [-0.25, -0.2) is 0 Å². The van der Waals surface area contributed by atoms with Gasteiger partial charge < -0.3 is 14.6 Å². The van der Waals surface area contributed by atoms with Gasteiger partial charge in [0, 0.05) is 0 Å². The highest BCUT2D eigenvalue weighted by Gasteiger charge is 2.37. The van der Waals surface area contributed by atoms with Crippen molar-refractivity contribution in [2.75, 3.05) is 13.2 Å². The van der Waals surface area contributed by atoms with E-state index in [9.17, 15) is 9.59 Å². The Labute approximate surface area is 93.7 Å². The third-order valence-electron chi connectivity index (χ3n) is 3.20. The van der Waals surface area contributed by atoms with E-state index in [1.165, 1.54) is 0 Å². The minimum atomic E-state index is -0.885. The smallest absolute Gasteiger partial charge is 0.309 e. The van der Waals surface area contributed by atoms with E-state index in [2.05, 4.69) is 0 Å². The molecule has 0 bridgehead atoms. The number of carbonyl (C=O) groups excluding carboxylic acids is 1. The zero-order valence-corrected chi connectivity index (χ0v) is 9.05. The van der Waals surface area contributed by atoms with Gasteiger partial charge in [-0.3, -0.25) is 9.59 Å². The molecule has 1 saturated heterocycles. The topological polar surface area (TPSA) is 76.1 Å². The number of esters is 1. The van der Waals surface area contributed by atoms with E-state index in [4.69, 9.17) is 14.6 Å². The molecular weight excluding hydrogens is 212 g/mol. The Morgan fingerprint density at radius 2 is 1.88 bits per heavy atom. The first-order valence-corrected chi connectivity index (χ1v) is 5.69. The van der Waals surface area contributed by atoms with Crippen LogP contribution in [0.25, 0.3) is 0 Å². The van der Waals surface area contributed by atoms with Crippen molar-refractivity contribution in [3.05, 3.63) is 0 Å². The highest BCUT2D eigenvalue weighted by Crippen LogP contribution is 2.31. The van der Waals surface area contributed by atoms with Gasteiger partial charge in [0.05, 0.1) is 18.4 Å². The van der Waals surface area contributed by atoms with Crippen molar-refractivity contribution in [3.63, 3.8) is 0 Å². The molecule has 0 aromatic rings. The first-order chi connectivity index (χ1) is 7.68. The van der Waals surface area contributed by atoms with Crippen LogP contribution in [0, 0.1) is 11.8 Å². The summed E-state index contributed by atoms with van der Waals surface area (Å²) >= 11 is 0. The van der Waals surface area contributed by atoms with Crippen molar-refractivity contribution in [1.29, 1.82) is 0 Å². The van der Waals surface area contributed by atoms with Gasteiger partial charge >= 0.3 is 11.9 Å². The average molecular weight is 228 g/mol. The Morgan fingerprint density at radius 1 is 1.25 bits per heavy atom. The summed E-state index contributed by atoms with van der Waals surface area (Å²) < 4.78 is 9.99. The number of hydrogen-bond donors (Lipinski definition) is 1. The van der Waals surface area contributed by atoms with Crippen LogP contribution in [0.5, 0.6) is 0 Å². The fourth-order valence-electron chi connectivity index (χ4n) is 2.15. The Bertz CT molecular complexity index is 284. The molecule has 0 radical (unpaired) electrons. The molecule has 3 atom stereocenters. The number of epoxide rings is 1. The summed E-state index contributed by atoms with van der Waals surface area (Å²) in [6.45, 7) is 0.905. The average Bonchev–Trinajstić information content (AvgIpc) is 3.09. The molecule has 1 unspecified atom stereocenters. The molecule has 1 saturated carbocycles. The summed E-state index contributed by atoms with van der Waals surface area (Å²) in [7, 11) is 0. The van der Waals surface area contributed by atoms with Gasteiger partial charge in [0.2, 0.25) is 0 Å². The minimum absolute atomic E-state index is 0.0378. The third-order valence-corrected chi connectivity index (χ3v) is 3.20. The van der Waals surface area contributed by atoms with E-state index in [1.807, 2.05) is 0 Å². The molecule has 2 rings (SSSR count). The van der Waals surface area contributed by atoms with Crippen LogP contribution in [-0.4, -0.2) is 36.4 Å². The molecule has 2 fully saturated rings. The zero-order valence-electron chi connectivity index (χ0n) is 9.05. The van der Waals surface area contributed by atoms with Crippen LogP contribution in [0.3, 0.4) is 0 Å². The van der Waals surface area contributed by atoms with Gasteiger partial charge in [-0.15, -0.1) is 0 Å². The summed E-state index contributed by atoms with van der Waals surface area (Å²) in [4.78, 5) is 22.7. The quantitative estimate of drug-likeness (QED) is 0.569. The number of hydrogen-bond acceptors (Lipinski definition) is 4. The molecule has 0 aromatic heterocycles. The largest absolute Gasteiger partial charge is 0.481 e. The molecule has 16 heavy (non-hydrogen) atoms. The van der Waals surface area contributed by atoms with Crippen LogP contribution in [0.1, 0.15) is 25.7 Å². The van der Waals surface area contributed by atoms with Crippen molar-refractivity contribution in [1.82, 2.24) is 0 Å². The number of carbonyl (C=O) groups is 2. The second-order valence-electron chi connectivity index (χ2n) is 4.42. The van der Waals surface area contributed by atoms with Gasteiger partial charge in [0.15, 0.2) is 0 Å². The van der Waals surface area contributed by atoms with Gasteiger partial charge in [0.25, 0.3) is 0 Å². The molecular formula is C11H16O5. The Hall–Kier alpha value is -1.10. The van der Waals surface area contributed by atoms with Crippen LogP contribution in [-0.2, 0) is 19.1 Å². The van der Waals surface area contributed by atoms with Gasteiger partial charge in [-0.2, -0.15) is 0 Å².